The molecule has 0 saturated carbocycles. The molecule has 0 spiro atoms. The van der Waals surface area contributed by atoms with Crippen molar-refractivity contribution in [2.75, 3.05) is 34.2 Å². The summed E-state index contributed by atoms with van der Waals surface area (Å²) < 4.78 is 4.87. The lowest BCUT2D eigenvalue weighted by molar-refractivity contribution is 0.0786. The number of amides is 1. The molecule has 84 valence electrons. The first-order valence-electron chi connectivity index (χ1n) is 4.65. The van der Waals surface area contributed by atoms with Crippen LogP contribution in [0.3, 0.4) is 0 Å². The van der Waals surface area contributed by atoms with E-state index in [2.05, 4.69) is 0 Å². The Bertz CT molecular complexity index is 336. The summed E-state index contributed by atoms with van der Waals surface area (Å²) >= 11 is 5.72. The number of rotatable bonds is 4. The van der Waals surface area contributed by atoms with Gasteiger partial charge in [0.1, 0.15) is 0 Å². The second-order valence-corrected chi connectivity index (χ2v) is 3.98. The average Bonchev–Trinajstić information content (AvgIpc) is 2.59. The molecule has 1 amide bonds. The average molecular weight is 231 g/mol. The number of halogens is 1. The standard InChI is InChI=1S/C10H15ClN2O2/c1-12(2)5-6-13(3)10(14)8-4-7-15-9(8)11/h4,7H,5-6H2,1-3H3. The van der Waals surface area contributed by atoms with E-state index in [4.69, 9.17) is 16.0 Å². The van der Waals surface area contributed by atoms with Gasteiger partial charge in [0.15, 0.2) is 0 Å². The van der Waals surface area contributed by atoms with Gasteiger partial charge in [0.25, 0.3) is 5.91 Å². The third-order valence-electron chi connectivity index (χ3n) is 2.08. The predicted octanol–water partition coefficient (Wildman–Crippen LogP) is 1.57. The van der Waals surface area contributed by atoms with E-state index in [0.29, 0.717) is 12.1 Å². The van der Waals surface area contributed by atoms with Crippen molar-refractivity contribution in [2.45, 2.75) is 0 Å². The number of hydrogen-bond acceptors (Lipinski definition) is 3. The normalized spacial score (nSPS) is 10.7. The van der Waals surface area contributed by atoms with E-state index >= 15 is 0 Å². The lowest BCUT2D eigenvalue weighted by Gasteiger charge is -2.18. The van der Waals surface area contributed by atoms with Gasteiger partial charge in [-0.1, -0.05) is 0 Å². The van der Waals surface area contributed by atoms with Crippen molar-refractivity contribution in [3.8, 4) is 0 Å². The van der Waals surface area contributed by atoms with Gasteiger partial charge in [-0.3, -0.25) is 4.79 Å². The summed E-state index contributed by atoms with van der Waals surface area (Å²) in [5, 5.41) is 0.150. The maximum atomic E-state index is 11.8. The molecule has 0 bridgehead atoms. The van der Waals surface area contributed by atoms with E-state index in [1.165, 1.54) is 6.26 Å². The van der Waals surface area contributed by atoms with Gasteiger partial charge in [-0.2, -0.15) is 0 Å². The minimum Gasteiger partial charge on any atom is -0.452 e. The fourth-order valence-electron chi connectivity index (χ4n) is 1.10. The van der Waals surface area contributed by atoms with Crippen molar-refractivity contribution in [1.82, 2.24) is 9.80 Å². The number of carbonyl (C=O) groups is 1. The second kappa shape index (κ2) is 5.19. The Kier molecular flexibility index (Phi) is 4.17. The van der Waals surface area contributed by atoms with Crippen molar-refractivity contribution in [3.63, 3.8) is 0 Å². The first-order valence-corrected chi connectivity index (χ1v) is 5.03. The summed E-state index contributed by atoms with van der Waals surface area (Å²) in [7, 11) is 5.67. The maximum Gasteiger partial charge on any atom is 0.258 e. The van der Waals surface area contributed by atoms with Crippen LogP contribution in [0.25, 0.3) is 0 Å². The molecule has 1 heterocycles. The van der Waals surface area contributed by atoms with Gasteiger partial charge in [-0.25, -0.2) is 0 Å². The van der Waals surface area contributed by atoms with Gasteiger partial charge < -0.3 is 14.2 Å². The van der Waals surface area contributed by atoms with Crippen LogP contribution >= 0.6 is 11.6 Å². The van der Waals surface area contributed by atoms with Gasteiger partial charge >= 0.3 is 0 Å². The number of likely N-dealkylation sites (N-methyl/N-ethyl adjacent to an activating group) is 2. The zero-order valence-electron chi connectivity index (χ0n) is 9.16. The minimum absolute atomic E-state index is 0.115. The molecule has 1 rings (SSSR count). The molecule has 1 aromatic rings. The Morgan fingerprint density at radius 3 is 2.53 bits per heavy atom. The van der Waals surface area contributed by atoms with E-state index in [0.717, 1.165) is 6.54 Å². The van der Waals surface area contributed by atoms with E-state index < -0.39 is 0 Å². The van der Waals surface area contributed by atoms with Crippen molar-refractivity contribution < 1.29 is 9.21 Å². The Labute approximate surface area is 94.4 Å². The SMILES string of the molecule is CN(C)CCN(C)C(=O)c1ccoc1Cl. The van der Waals surface area contributed by atoms with Gasteiger partial charge in [0, 0.05) is 20.1 Å². The molecule has 4 nitrogen and oxygen atoms in total. The summed E-state index contributed by atoms with van der Waals surface area (Å²) in [4.78, 5) is 15.4. The maximum absolute atomic E-state index is 11.8. The lowest BCUT2D eigenvalue weighted by atomic mass is 10.3. The van der Waals surface area contributed by atoms with E-state index in [9.17, 15) is 4.79 Å². The number of furan rings is 1. The number of nitrogens with zero attached hydrogens (tertiary/aromatic N) is 2. The fourth-order valence-corrected chi connectivity index (χ4v) is 1.30. The van der Waals surface area contributed by atoms with Crippen LogP contribution in [-0.2, 0) is 0 Å². The first kappa shape index (κ1) is 12.1. The molecule has 0 aliphatic carbocycles. The second-order valence-electron chi connectivity index (χ2n) is 3.64. The quantitative estimate of drug-likeness (QED) is 0.788. The topological polar surface area (TPSA) is 36.7 Å². The molecule has 0 N–H and O–H groups in total. The molecule has 0 unspecified atom stereocenters. The molecule has 0 aliphatic heterocycles. The van der Waals surface area contributed by atoms with E-state index in [1.54, 1.807) is 18.0 Å². The Hall–Kier alpha value is -1.00. The smallest absolute Gasteiger partial charge is 0.258 e. The third-order valence-corrected chi connectivity index (χ3v) is 2.37. The number of carbonyl (C=O) groups excluding carboxylic acids is 1. The van der Waals surface area contributed by atoms with Crippen LogP contribution in [0.4, 0.5) is 0 Å². The van der Waals surface area contributed by atoms with Crippen LogP contribution in [0.2, 0.25) is 5.22 Å². The molecular formula is C10H15ClN2O2. The molecule has 0 radical (unpaired) electrons. The van der Waals surface area contributed by atoms with Crippen LogP contribution in [0.5, 0.6) is 0 Å². The van der Waals surface area contributed by atoms with Gasteiger partial charge in [0.2, 0.25) is 5.22 Å². The molecule has 0 atom stereocenters. The van der Waals surface area contributed by atoms with Crippen molar-refractivity contribution in [1.29, 1.82) is 0 Å². The lowest BCUT2D eigenvalue weighted by Crippen LogP contribution is -2.33. The summed E-state index contributed by atoms with van der Waals surface area (Å²) in [6.45, 7) is 1.48. The van der Waals surface area contributed by atoms with E-state index in [-0.39, 0.29) is 11.1 Å². The van der Waals surface area contributed by atoms with Crippen LogP contribution in [0.15, 0.2) is 16.7 Å². The highest BCUT2D eigenvalue weighted by atomic mass is 35.5. The molecule has 0 fully saturated rings. The third kappa shape index (κ3) is 3.25. The molecular weight excluding hydrogens is 216 g/mol. The zero-order chi connectivity index (χ0) is 11.4. The summed E-state index contributed by atoms with van der Waals surface area (Å²) in [5.41, 5.74) is 0.415. The highest BCUT2D eigenvalue weighted by molar-refractivity contribution is 6.32. The number of hydrogen-bond donors (Lipinski definition) is 0. The largest absolute Gasteiger partial charge is 0.452 e. The molecule has 15 heavy (non-hydrogen) atoms. The molecule has 5 heteroatoms. The highest BCUT2D eigenvalue weighted by Crippen LogP contribution is 2.17. The van der Waals surface area contributed by atoms with Gasteiger partial charge in [-0.15, -0.1) is 0 Å². The Morgan fingerprint density at radius 2 is 2.07 bits per heavy atom. The van der Waals surface area contributed by atoms with Gasteiger partial charge in [0.05, 0.1) is 11.8 Å². The van der Waals surface area contributed by atoms with Crippen LogP contribution in [0, 0.1) is 0 Å². The predicted molar refractivity (Wildman–Crippen MR) is 59.2 cm³/mol. The zero-order valence-corrected chi connectivity index (χ0v) is 9.91. The minimum atomic E-state index is -0.115. The van der Waals surface area contributed by atoms with Crippen molar-refractivity contribution in [3.05, 3.63) is 23.1 Å². The molecule has 0 saturated heterocycles. The summed E-state index contributed by atoms with van der Waals surface area (Å²) in [6, 6.07) is 1.58. The fraction of sp³-hybridized carbons (Fsp3) is 0.500. The van der Waals surface area contributed by atoms with Crippen molar-refractivity contribution >= 4 is 17.5 Å². The van der Waals surface area contributed by atoms with Crippen LogP contribution in [0.1, 0.15) is 10.4 Å². The molecule has 0 aromatic carbocycles. The van der Waals surface area contributed by atoms with Gasteiger partial charge in [-0.05, 0) is 31.8 Å². The monoisotopic (exact) mass is 230 g/mol. The molecule has 0 aliphatic rings. The first-order chi connectivity index (χ1) is 7.02. The van der Waals surface area contributed by atoms with Crippen molar-refractivity contribution in [2.24, 2.45) is 0 Å². The summed E-state index contributed by atoms with van der Waals surface area (Å²) in [5.74, 6) is -0.115. The van der Waals surface area contributed by atoms with E-state index in [1.807, 2.05) is 19.0 Å². The Morgan fingerprint density at radius 1 is 1.40 bits per heavy atom. The van der Waals surface area contributed by atoms with Crippen LogP contribution in [-0.4, -0.2) is 49.9 Å². The molecule has 1 aromatic heterocycles. The highest BCUT2D eigenvalue weighted by Gasteiger charge is 2.16. The van der Waals surface area contributed by atoms with Crippen LogP contribution < -0.4 is 0 Å². The summed E-state index contributed by atoms with van der Waals surface area (Å²) in [6.07, 6.45) is 1.41. The Balaban J connectivity index is 2.57.